The number of thiazole rings is 1. The summed E-state index contributed by atoms with van der Waals surface area (Å²) in [4.78, 5) is 7.40. The highest BCUT2D eigenvalue weighted by atomic mass is 35.5. The van der Waals surface area contributed by atoms with Gasteiger partial charge in [0.25, 0.3) is 0 Å². The largest absolute Gasteiger partial charge is 0.309 e. The Hall–Kier alpha value is -0.550. The number of thioether (sulfide) groups is 1. The van der Waals surface area contributed by atoms with Crippen molar-refractivity contribution in [3.63, 3.8) is 0 Å². The Morgan fingerprint density at radius 3 is 3.00 bits per heavy atom. The molecule has 0 aliphatic heterocycles. The molecule has 21 heavy (non-hydrogen) atoms. The van der Waals surface area contributed by atoms with E-state index in [-0.39, 0.29) is 0 Å². The fourth-order valence-electron chi connectivity index (χ4n) is 2.14. The molecular weight excluding hydrogens is 320 g/mol. The molecule has 0 atom stereocenters. The lowest BCUT2D eigenvalue weighted by Gasteiger charge is -2.00. The summed E-state index contributed by atoms with van der Waals surface area (Å²) in [5.41, 5.74) is 1.26. The van der Waals surface area contributed by atoms with E-state index in [2.05, 4.69) is 18.3 Å². The van der Waals surface area contributed by atoms with Crippen LogP contribution in [0.1, 0.15) is 35.3 Å². The molecule has 2 nitrogen and oxygen atoms in total. The van der Waals surface area contributed by atoms with Gasteiger partial charge in [-0.15, -0.1) is 23.1 Å². The molecule has 0 radical (unpaired) electrons. The maximum atomic E-state index is 6.02. The number of hydrogen-bond donors (Lipinski definition) is 1. The summed E-state index contributed by atoms with van der Waals surface area (Å²) in [6.45, 7) is 3.16. The van der Waals surface area contributed by atoms with E-state index in [1.54, 1.807) is 11.8 Å². The first-order valence-corrected chi connectivity index (χ1v) is 9.52. The number of aryl methyl sites for hydroxylation is 1. The van der Waals surface area contributed by atoms with Gasteiger partial charge in [0.1, 0.15) is 5.01 Å². The van der Waals surface area contributed by atoms with Gasteiger partial charge in [0.2, 0.25) is 0 Å². The molecule has 1 aliphatic carbocycles. The Balaban J connectivity index is 1.61. The lowest BCUT2D eigenvalue weighted by molar-refractivity contribution is 0.689. The summed E-state index contributed by atoms with van der Waals surface area (Å²) < 4.78 is 0. The third kappa shape index (κ3) is 4.46. The number of nitrogens with one attached hydrogen (secondary N) is 1. The van der Waals surface area contributed by atoms with Crippen LogP contribution in [0.3, 0.4) is 0 Å². The van der Waals surface area contributed by atoms with Gasteiger partial charge in [0.15, 0.2) is 0 Å². The van der Waals surface area contributed by atoms with Crippen LogP contribution < -0.4 is 5.32 Å². The summed E-state index contributed by atoms with van der Waals surface area (Å²) in [6.07, 6.45) is 3.68. The van der Waals surface area contributed by atoms with Gasteiger partial charge in [-0.05, 0) is 37.5 Å². The molecule has 1 heterocycles. The van der Waals surface area contributed by atoms with E-state index < -0.39 is 0 Å². The summed E-state index contributed by atoms with van der Waals surface area (Å²) in [5, 5.41) is 5.59. The zero-order valence-corrected chi connectivity index (χ0v) is 14.5. The Morgan fingerprint density at radius 2 is 2.29 bits per heavy atom. The quantitative estimate of drug-likeness (QED) is 0.726. The lowest BCUT2D eigenvalue weighted by atomic mass is 10.3. The van der Waals surface area contributed by atoms with E-state index in [4.69, 9.17) is 16.6 Å². The molecule has 1 aliphatic rings. The molecule has 5 heteroatoms. The van der Waals surface area contributed by atoms with Crippen molar-refractivity contribution in [1.29, 1.82) is 0 Å². The van der Waals surface area contributed by atoms with Gasteiger partial charge in [-0.1, -0.05) is 24.6 Å². The molecule has 1 fully saturated rings. The van der Waals surface area contributed by atoms with Crippen LogP contribution in [0.5, 0.6) is 0 Å². The minimum Gasteiger partial charge on any atom is -0.309 e. The summed E-state index contributed by atoms with van der Waals surface area (Å²) in [6, 6.07) is 8.76. The van der Waals surface area contributed by atoms with E-state index in [1.807, 2.05) is 29.5 Å². The Kier molecular flexibility index (Phi) is 5.22. The van der Waals surface area contributed by atoms with Crippen LogP contribution in [0.25, 0.3) is 0 Å². The third-order valence-electron chi connectivity index (χ3n) is 3.44. The van der Waals surface area contributed by atoms with Gasteiger partial charge in [-0.3, -0.25) is 0 Å². The van der Waals surface area contributed by atoms with Crippen molar-refractivity contribution in [2.75, 3.05) is 0 Å². The van der Waals surface area contributed by atoms with Crippen LogP contribution >= 0.6 is 34.7 Å². The predicted octanol–water partition coefficient (Wildman–Crippen LogP) is 4.90. The van der Waals surface area contributed by atoms with Crippen LogP contribution in [0.15, 0.2) is 29.2 Å². The van der Waals surface area contributed by atoms with Crippen LogP contribution in [-0.2, 0) is 18.7 Å². The van der Waals surface area contributed by atoms with Crippen LogP contribution in [0, 0.1) is 0 Å². The topological polar surface area (TPSA) is 24.9 Å². The molecular formula is C16H19ClN2S2. The van der Waals surface area contributed by atoms with Crippen molar-refractivity contribution in [2.45, 2.75) is 49.4 Å². The van der Waals surface area contributed by atoms with Crippen LogP contribution in [0.4, 0.5) is 0 Å². The standard InChI is InChI=1S/C16H19ClN2S2/c1-2-14-15(9-18-12-6-7-12)21-16(19-14)10-20-13-5-3-4-11(17)8-13/h3-5,8,12,18H,2,6-7,9-10H2,1H3. The number of hydrogen-bond acceptors (Lipinski definition) is 4. The van der Waals surface area contributed by atoms with E-state index in [0.717, 1.165) is 29.8 Å². The summed E-state index contributed by atoms with van der Waals surface area (Å²) in [5.74, 6) is 0.918. The van der Waals surface area contributed by atoms with E-state index in [9.17, 15) is 0 Å². The van der Waals surface area contributed by atoms with Crippen molar-refractivity contribution in [1.82, 2.24) is 10.3 Å². The predicted molar refractivity (Wildman–Crippen MR) is 92.4 cm³/mol. The molecule has 0 spiro atoms. The molecule has 0 saturated heterocycles. The number of nitrogens with zero attached hydrogens (tertiary/aromatic N) is 1. The van der Waals surface area contributed by atoms with Crippen LogP contribution in [-0.4, -0.2) is 11.0 Å². The first kappa shape index (κ1) is 15.3. The zero-order valence-electron chi connectivity index (χ0n) is 12.1. The SMILES string of the molecule is CCc1nc(CSc2cccc(Cl)c2)sc1CNC1CC1. The van der Waals surface area contributed by atoms with Crippen molar-refractivity contribution in [2.24, 2.45) is 0 Å². The smallest absolute Gasteiger partial charge is 0.103 e. The highest BCUT2D eigenvalue weighted by molar-refractivity contribution is 7.98. The number of benzene rings is 1. The molecule has 2 aromatic rings. The molecule has 0 bridgehead atoms. The van der Waals surface area contributed by atoms with Crippen LogP contribution in [0.2, 0.25) is 5.02 Å². The molecule has 1 N–H and O–H groups in total. The van der Waals surface area contributed by atoms with Gasteiger partial charge in [-0.2, -0.15) is 0 Å². The maximum Gasteiger partial charge on any atom is 0.103 e. The molecule has 1 aromatic heterocycles. The molecule has 1 aromatic carbocycles. The molecule has 0 unspecified atom stereocenters. The normalized spacial score (nSPS) is 14.6. The minimum absolute atomic E-state index is 0.751. The van der Waals surface area contributed by atoms with Gasteiger partial charge in [-0.25, -0.2) is 4.98 Å². The number of halogens is 1. The molecule has 3 rings (SSSR count). The van der Waals surface area contributed by atoms with Gasteiger partial charge in [0.05, 0.1) is 11.4 Å². The van der Waals surface area contributed by atoms with Crippen molar-refractivity contribution >= 4 is 34.7 Å². The molecule has 0 amide bonds. The maximum absolute atomic E-state index is 6.02. The first-order chi connectivity index (χ1) is 10.2. The average molecular weight is 339 g/mol. The third-order valence-corrected chi connectivity index (χ3v) is 5.96. The van der Waals surface area contributed by atoms with Gasteiger partial charge < -0.3 is 5.32 Å². The first-order valence-electron chi connectivity index (χ1n) is 7.34. The Bertz CT molecular complexity index is 608. The molecule has 112 valence electrons. The second kappa shape index (κ2) is 7.14. The fraction of sp³-hybridized carbons (Fsp3) is 0.438. The van der Waals surface area contributed by atoms with Crippen molar-refractivity contribution in [3.05, 3.63) is 44.9 Å². The highest BCUT2D eigenvalue weighted by Crippen LogP contribution is 2.29. The van der Waals surface area contributed by atoms with E-state index in [1.165, 1.54) is 33.3 Å². The van der Waals surface area contributed by atoms with E-state index in [0.29, 0.717) is 0 Å². The summed E-state index contributed by atoms with van der Waals surface area (Å²) >= 11 is 9.67. The Labute approximate surface area is 139 Å². The van der Waals surface area contributed by atoms with Gasteiger partial charge >= 0.3 is 0 Å². The number of aromatic nitrogens is 1. The second-order valence-electron chi connectivity index (χ2n) is 5.23. The molecule has 1 saturated carbocycles. The van der Waals surface area contributed by atoms with E-state index >= 15 is 0 Å². The van der Waals surface area contributed by atoms with Crippen molar-refractivity contribution < 1.29 is 0 Å². The fourth-order valence-corrected chi connectivity index (χ4v) is 4.45. The monoisotopic (exact) mass is 338 g/mol. The van der Waals surface area contributed by atoms with Crippen molar-refractivity contribution in [3.8, 4) is 0 Å². The Morgan fingerprint density at radius 1 is 1.43 bits per heavy atom. The average Bonchev–Trinajstić information content (AvgIpc) is 3.23. The number of rotatable bonds is 7. The second-order valence-corrected chi connectivity index (χ2v) is 7.89. The summed E-state index contributed by atoms with van der Waals surface area (Å²) in [7, 11) is 0. The van der Waals surface area contributed by atoms with Gasteiger partial charge in [0, 0.05) is 27.4 Å². The minimum atomic E-state index is 0.751. The highest BCUT2D eigenvalue weighted by Gasteiger charge is 2.21. The zero-order chi connectivity index (χ0) is 14.7. The lowest BCUT2D eigenvalue weighted by Crippen LogP contribution is -2.15.